The van der Waals surface area contributed by atoms with Crippen LogP contribution in [0.3, 0.4) is 0 Å². The molecule has 0 spiro atoms. The Morgan fingerprint density at radius 2 is 1.95 bits per heavy atom. The topological polar surface area (TPSA) is 62.9 Å². The molecule has 120 valence electrons. The highest BCUT2D eigenvalue weighted by Crippen LogP contribution is 2.30. The summed E-state index contributed by atoms with van der Waals surface area (Å²) in [7, 11) is 0. The maximum atomic E-state index is 11.1. The molecule has 0 bridgehead atoms. The standard InChI is InChI=1S/C16H19NO4.ClH/c18-13-11-14-12(4-5-16(19)21-14)10-15(13)20-9-8-17-6-2-1-3-7-17;/h4-5,10-11,18H,1-3,6-9H2;1H. The Hall–Kier alpha value is -1.72. The summed E-state index contributed by atoms with van der Waals surface area (Å²) in [6, 6.07) is 6.14. The van der Waals surface area contributed by atoms with Gasteiger partial charge >= 0.3 is 5.63 Å². The number of phenolic OH excluding ortho intramolecular Hbond substituents is 1. The molecule has 1 aliphatic heterocycles. The molecular formula is C16H20ClNO4. The van der Waals surface area contributed by atoms with E-state index in [0.29, 0.717) is 17.9 Å². The van der Waals surface area contributed by atoms with E-state index in [1.165, 1.54) is 31.4 Å². The second-order valence-corrected chi connectivity index (χ2v) is 5.36. The quantitative estimate of drug-likeness (QED) is 0.876. The molecular weight excluding hydrogens is 306 g/mol. The number of halogens is 1. The fourth-order valence-corrected chi connectivity index (χ4v) is 2.67. The van der Waals surface area contributed by atoms with Gasteiger partial charge in [-0.1, -0.05) is 6.42 Å². The molecule has 0 amide bonds. The number of hydrogen-bond donors (Lipinski definition) is 1. The fraction of sp³-hybridized carbons (Fsp3) is 0.438. The predicted molar refractivity (Wildman–Crippen MR) is 87.2 cm³/mol. The van der Waals surface area contributed by atoms with E-state index in [2.05, 4.69) is 4.90 Å². The maximum absolute atomic E-state index is 11.1. The van der Waals surface area contributed by atoms with E-state index < -0.39 is 5.63 Å². The average Bonchev–Trinajstić information content (AvgIpc) is 2.49. The highest BCUT2D eigenvalue weighted by Gasteiger charge is 2.11. The molecule has 0 unspecified atom stereocenters. The van der Waals surface area contributed by atoms with E-state index >= 15 is 0 Å². The number of nitrogens with zero attached hydrogens (tertiary/aromatic N) is 1. The summed E-state index contributed by atoms with van der Waals surface area (Å²) in [5.41, 5.74) is -0.0657. The second kappa shape index (κ2) is 7.51. The van der Waals surface area contributed by atoms with Crippen LogP contribution in [-0.2, 0) is 0 Å². The third-order valence-electron chi connectivity index (χ3n) is 3.81. The zero-order chi connectivity index (χ0) is 14.7. The van der Waals surface area contributed by atoms with Crippen LogP contribution in [0.2, 0.25) is 0 Å². The molecule has 0 aliphatic carbocycles. The monoisotopic (exact) mass is 325 g/mol. The van der Waals surface area contributed by atoms with E-state index in [-0.39, 0.29) is 18.2 Å². The van der Waals surface area contributed by atoms with Crippen molar-refractivity contribution in [2.24, 2.45) is 0 Å². The molecule has 5 nitrogen and oxygen atoms in total. The Morgan fingerprint density at radius 1 is 1.18 bits per heavy atom. The summed E-state index contributed by atoms with van der Waals surface area (Å²) >= 11 is 0. The van der Waals surface area contributed by atoms with Crippen molar-refractivity contribution in [2.75, 3.05) is 26.2 Å². The molecule has 1 N–H and O–H groups in total. The van der Waals surface area contributed by atoms with Gasteiger partial charge in [0.1, 0.15) is 12.2 Å². The van der Waals surface area contributed by atoms with E-state index in [1.807, 2.05) is 0 Å². The Bertz CT molecular complexity index is 679. The minimum Gasteiger partial charge on any atom is -0.504 e. The lowest BCUT2D eigenvalue weighted by atomic mass is 10.1. The molecule has 6 heteroatoms. The summed E-state index contributed by atoms with van der Waals surface area (Å²) in [6.45, 7) is 3.65. The van der Waals surface area contributed by atoms with Gasteiger partial charge in [-0.05, 0) is 38.1 Å². The molecule has 1 saturated heterocycles. The van der Waals surface area contributed by atoms with Crippen LogP contribution >= 0.6 is 12.4 Å². The summed E-state index contributed by atoms with van der Waals surface area (Å²) in [5.74, 6) is 0.420. The number of rotatable bonds is 4. The second-order valence-electron chi connectivity index (χ2n) is 5.36. The van der Waals surface area contributed by atoms with Crippen LogP contribution in [0.1, 0.15) is 19.3 Å². The largest absolute Gasteiger partial charge is 0.504 e. The van der Waals surface area contributed by atoms with Crippen LogP contribution in [0.5, 0.6) is 11.5 Å². The van der Waals surface area contributed by atoms with Crippen molar-refractivity contribution in [3.8, 4) is 11.5 Å². The zero-order valence-corrected chi connectivity index (χ0v) is 13.1. The van der Waals surface area contributed by atoms with Crippen LogP contribution in [-0.4, -0.2) is 36.2 Å². The van der Waals surface area contributed by atoms with Gasteiger partial charge in [0, 0.05) is 24.1 Å². The highest BCUT2D eigenvalue weighted by atomic mass is 35.5. The number of aromatic hydroxyl groups is 1. The van der Waals surface area contributed by atoms with Crippen molar-refractivity contribution in [2.45, 2.75) is 19.3 Å². The van der Waals surface area contributed by atoms with Crippen molar-refractivity contribution in [3.63, 3.8) is 0 Å². The van der Waals surface area contributed by atoms with Crippen molar-refractivity contribution in [1.82, 2.24) is 4.90 Å². The first-order chi connectivity index (χ1) is 10.2. The Kier molecular flexibility index (Phi) is 5.69. The fourth-order valence-electron chi connectivity index (χ4n) is 2.67. The molecule has 3 rings (SSSR count). The first-order valence-corrected chi connectivity index (χ1v) is 7.34. The first kappa shape index (κ1) is 16.6. The van der Waals surface area contributed by atoms with E-state index in [1.54, 1.807) is 12.1 Å². The summed E-state index contributed by atoms with van der Waals surface area (Å²) in [6.07, 6.45) is 3.81. The lowest BCUT2D eigenvalue weighted by Gasteiger charge is -2.26. The van der Waals surface area contributed by atoms with Gasteiger partial charge in [-0.2, -0.15) is 0 Å². The van der Waals surface area contributed by atoms with Gasteiger partial charge < -0.3 is 14.3 Å². The molecule has 22 heavy (non-hydrogen) atoms. The molecule has 1 aromatic carbocycles. The first-order valence-electron chi connectivity index (χ1n) is 7.34. The predicted octanol–water partition coefficient (Wildman–Crippen LogP) is 2.79. The Morgan fingerprint density at radius 3 is 2.73 bits per heavy atom. The summed E-state index contributed by atoms with van der Waals surface area (Å²) < 4.78 is 10.7. The van der Waals surface area contributed by atoms with Crippen molar-refractivity contribution in [1.29, 1.82) is 0 Å². The SMILES string of the molecule is Cl.O=c1ccc2cc(OCCN3CCCCC3)c(O)cc2o1. The van der Waals surface area contributed by atoms with Gasteiger partial charge in [0.15, 0.2) is 11.5 Å². The van der Waals surface area contributed by atoms with Gasteiger partial charge in [-0.15, -0.1) is 12.4 Å². The van der Waals surface area contributed by atoms with E-state index in [0.717, 1.165) is 25.0 Å². The van der Waals surface area contributed by atoms with Crippen LogP contribution in [0.15, 0.2) is 33.5 Å². The van der Waals surface area contributed by atoms with Gasteiger partial charge in [-0.3, -0.25) is 4.90 Å². The molecule has 0 radical (unpaired) electrons. The minimum absolute atomic E-state index is 0. The zero-order valence-electron chi connectivity index (χ0n) is 12.3. The lowest BCUT2D eigenvalue weighted by Crippen LogP contribution is -2.33. The third kappa shape index (κ3) is 3.93. The number of phenols is 1. The normalized spacial score (nSPS) is 15.5. The molecule has 2 aromatic rings. The average molecular weight is 326 g/mol. The molecule has 2 heterocycles. The molecule has 1 fully saturated rings. The number of likely N-dealkylation sites (tertiary alicyclic amines) is 1. The number of hydrogen-bond acceptors (Lipinski definition) is 5. The molecule has 0 saturated carbocycles. The van der Waals surface area contributed by atoms with Gasteiger partial charge in [0.25, 0.3) is 0 Å². The summed E-state index contributed by atoms with van der Waals surface area (Å²) in [4.78, 5) is 13.5. The lowest BCUT2D eigenvalue weighted by molar-refractivity contribution is 0.181. The van der Waals surface area contributed by atoms with Gasteiger partial charge in [0.05, 0.1) is 0 Å². The molecule has 1 aliphatic rings. The van der Waals surface area contributed by atoms with Gasteiger partial charge in [0.2, 0.25) is 0 Å². The summed E-state index contributed by atoms with van der Waals surface area (Å²) in [5, 5.41) is 10.7. The van der Waals surface area contributed by atoms with Crippen LogP contribution < -0.4 is 10.4 Å². The Balaban J connectivity index is 0.00000176. The number of benzene rings is 1. The number of piperidine rings is 1. The van der Waals surface area contributed by atoms with Crippen LogP contribution in [0.25, 0.3) is 11.0 Å². The van der Waals surface area contributed by atoms with Crippen molar-refractivity contribution >= 4 is 23.4 Å². The Labute approximate surface area is 134 Å². The number of ether oxygens (including phenoxy) is 1. The van der Waals surface area contributed by atoms with E-state index in [4.69, 9.17) is 9.15 Å². The van der Waals surface area contributed by atoms with Crippen molar-refractivity contribution < 1.29 is 14.3 Å². The minimum atomic E-state index is -0.430. The molecule has 1 aromatic heterocycles. The molecule has 0 atom stereocenters. The highest BCUT2D eigenvalue weighted by molar-refractivity contribution is 5.85. The van der Waals surface area contributed by atoms with Crippen molar-refractivity contribution in [3.05, 3.63) is 34.7 Å². The third-order valence-corrected chi connectivity index (χ3v) is 3.81. The van der Waals surface area contributed by atoms with E-state index in [9.17, 15) is 9.90 Å². The van der Waals surface area contributed by atoms with Crippen LogP contribution in [0, 0.1) is 0 Å². The smallest absolute Gasteiger partial charge is 0.336 e. The maximum Gasteiger partial charge on any atom is 0.336 e. The van der Waals surface area contributed by atoms with Crippen LogP contribution in [0.4, 0.5) is 0 Å². The van der Waals surface area contributed by atoms with Gasteiger partial charge in [-0.25, -0.2) is 4.79 Å². The number of fused-ring (bicyclic) bond motifs is 1.